The zero-order valence-electron chi connectivity index (χ0n) is 10.5. The number of aromatic nitrogens is 2. The highest BCUT2D eigenvalue weighted by Gasteiger charge is 2.12. The lowest BCUT2D eigenvalue weighted by molar-refractivity contribution is 0.112. The van der Waals surface area contributed by atoms with Gasteiger partial charge in [0.1, 0.15) is 12.1 Å². The normalized spacial score (nSPS) is 10.6. The van der Waals surface area contributed by atoms with Gasteiger partial charge in [-0.15, -0.1) is 0 Å². The Morgan fingerprint density at radius 1 is 1.39 bits per heavy atom. The van der Waals surface area contributed by atoms with E-state index in [9.17, 15) is 9.18 Å². The van der Waals surface area contributed by atoms with Crippen molar-refractivity contribution in [3.63, 3.8) is 0 Å². The van der Waals surface area contributed by atoms with E-state index < -0.39 is 0 Å². The molecule has 0 saturated carbocycles. The Labute approximate surface area is 105 Å². The van der Waals surface area contributed by atoms with Crippen LogP contribution in [0.15, 0.2) is 24.4 Å². The highest BCUT2D eigenvalue weighted by molar-refractivity contribution is 5.79. The maximum Gasteiger partial charge on any atom is 0.150 e. The molecule has 0 unspecified atom stereocenters. The third-order valence-corrected chi connectivity index (χ3v) is 2.82. The van der Waals surface area contributed by atoms with Crippen LogP contribution < -0.4 is 0 Å². The monoisotopic (exact) mass is 246 g/mol. The van der Waals surface area contributed by atoms with Gasteiger partial charge < -0.3 is 0 Å². The molecule has 0 bridgehead atoms. The molecule has 0 aliphatic carbocycles. The van der Waals surface area contributed by atoms with Gasteiger partial charge in [0.2, 0.25) is 0 Å². The zero-order valence-corrected chi connectivity index (χ0v) is 10.5. The molecule has 0 aliphatic heterocycles. The summed E-state index contributed by atoms with van der Waals surface area (Å²) in [5.41, 5.74) is 2.41. The fraction of sp³-hybridized carbons (Fsp3) is 0.286. The van der Waals surface area contributed by atoms with Crippen LogP contribution >= 0.6 is 0 Å². The number of aryl methyl sites for hydroxylation is 2. The Morgan fingerprint density at radius 3 is 2.83 bits per heavy atom. The molecule has 3 nitrogen and oxygen atoms in total. The van der Waals surface area contributed by atoms with Crippen molar-refractivity contribution in [1.82, 2.24) is 9.78 Å². The standard InChI is InChI=1S/C14H15FN2O/c1-3-6-17-8-13(10(2)16-17)12-7-11(9-18)4-5-14(12)15/h4-5,7-9H,3,6H2,1-2H3. The van der Waals surface area contributed by atoms with Crippen molar-refractivity contribution < 1.29 is 9.18 Å². The fourth-order valence-corrected chi connectivity index (χ4v) is 1.95. The van der Waals surface area contributed by atoms with Crippen molar-refractivity contribution in [2.75, 3.05) is 0 Å². The van der Waals surface area contributed by atoms with E-state index in [1.165, 1.54) is 12.1 Å². The van der Waals surface area contributed by atoms with Crippen LogP contribution in [-0.2, 0) is 6.54 Å². The van der Waals surface area contributed by atoms with Crippen molar-refractivity contribution in [2.45, 2.75) is 26.8 Å². The zero-order chi connectivity index (χ0) is 13.1. The number of aldehydes is 1. The summed E-state index contributed by atoms with van der Waals surface area (Å²) in [7, 11) is 0. The largest absolute Gasteiger partial charge is 0.298 e. The molecule has 1 aromatic carbocycles. The fourth-order valence-electron chi connectivity index (χ4n) is 1.95. The van der Waals surface area contributed by atoms with E-state index >= 15 is 0 Å². The third-order valence-electron chi connectivity index (χ3n) is 2.82. The molecule has 0 fully saturated rings. The molecule has 0 amide bonds. The molecule has 0 aliphatic rings. The van der Waals surface area contributed by atoms with Gasteiger partial charge in [0.05, 0.1) is 5.69 Å². The molecule has 1 aromatic heterocycles. The molecule has 0 saturated heterocycles. The molecular formula is C14H15FN2O. The number of nitrogens with zero attached hydrogens (tertiary/aromatic N) is 2. The SMILES string of the molecule is CCCn1cc(-c2cc(C=O)ccc2F)c(C)n1. The van der Waals surface area contributed by atoms with E-state index in [0.29, 0.717) is 11.1 Å². The number of benzene rings is 1. The predicted molar refractivity (Wildman–Crippen MR) is 68.0 cm³/mol. The lowest BCUT2D eigenvalue weighted by Gasteiger charge is -2.02. The van der Waals surface area contributed by atoms with Crippen LogP contribution in [0.25, 0.3) is 11.1 Å². The predicted octanol–water partition coefficient (Wildman–Crippen LogP) is 3.22. The minimum absolute atomic E-state index is 0.334. The Kier molecular flexibility index (Phi) is 3.55. The number of halogens is 1. The van der Waals surface area contributed by atoms with Crippen molar-refractivity contribution in [2.24, 2.45) is 0 Å². The van der Waals surface area contributed by atoms with Crippen LogP contribution in [0, 0.1) is 12.7 Å². The maximum absolute atomic E-state index is 13.8. The van der Waals surface area contributed by atoms with Crippen LogP contribution in [0.4, 0.5) is 4.39 Å². The smallest absolute Gasteiger partial charge is 0.150 e. The van der Waals surface area contributed by atoms with Gasteiger partial charge in [-0.05, 0) is 31.5 Å². The van der Waals surface area contributed by atoms with Gasteiger partial charge in [0, 0.05) is 29.4 Å². The van der Waals surface area contributed by atoms with Gasteiger partial charge in [-0.1, -0.05) is 6.92 Å². The second-order valence-electron chi connectivity index (χ2n) is 4.25. The molecule has 2 aromatic rings. The minimum atomic E-state index is -0.334. The first-order chi connectivity index (χ1) is 8.65. The van der Waals surface area contributed by atoms with Crippen LogP contribution in [-0.4, -0.2) is 16.1 Å². The summed E-state index contributed by atoms with van der Waals surface area (Å²) in [6.45, 7) is 4.70. The molecule has 2 rings (SSSR count). The first-order valence-corrected chi connectivity index (χ1v) is 5.95. The number of carbonyl (C=O) groups is 1. The molecule has 94 valence electrons. The molecule has 0 N–H and O–H groups in total. The summed E-state index contributed by atoms with van der Waals surface area (Å²) in [4.78, 5) is 10.8. The molecule has 4 heteroatoms. The van der Waals surface area contributed by atoms with Gasteiger partial charge in [-0.3, -0.25) is 9.48 Å². The lowest BCUT2D eigenvalue weighted by Crippen LogP contribution is -1.96. The minimum Gasteiger partial charge on any atom is -0.298 e. The number of carbonyl (C=O) groups excluding carboxylic acids is 1. The Balaban J connectivity index is 2.50. The average Bonchev–Trinajstić information content (AvgIpc) is 2.71. The molecule has 0 radical (unpaired) electrons. The van der Waals surface area contributed by atoms with E-state index in [2.05, 4.69) is 12.0 Å². The number of rotatable bonds is 4. The highest BCUT2D eigenvalue weighted by Crippen LogP contribution is 2.26. The van der Waals surface area contributed by atoms with Gasteiger partial charge in [0.25, 0.3) is 0 Å². The van der Waals surface area contributed by atoms with Gasteiger partial charge in [-0.25, -0.2) is 4.39 Å². The molecule has 18 heavy (non-hydrogen) atoms. The molecule has 0 atom stereocenters. The van der Waals surface area contributed by atoms with Gasteiger partial charge in [-0.2, -0.15) is 5.10 Å². The lowest BCUT2D eigenvalue weighted by atomic mass is 10.0. The second kappa shape index (κ2) is 5.12. The van der Waals surface area contributed by atoms with E-state index in [4.69, 9.17) is 0 Å². The summed E-state index contributed by atoms with van der Waals surface area (Å²) in [5.74, 6) is -0.334. The quantitative estimate of drug-likeness (QED) is 0.776. The molecular weight excluding hydrogens is 231 g/mol. The molecule has 0 spiro atoms. The second-order valence-corrected chi connectivity index (χ2v) is 4.25. The Bertz CT molecular complexity index is 575. The van der Waals surface area contributed by atoms with Crippen LogP contribution in [0.2, 0.25) is 0 Å². The van der Waals surface area contributed by atoms with Crippen molar-refractivity contribution in [3.05, 3.63) is 41.5 Å². The van der Waals surface area contributed by atoms with Crippen molar-refractivity contribution in [1.29, 1.82) is 0 Å². The van der Waals surface area contributed by atoms with Crippen molar-refractivity contribution in [3.8, 4) is 11.1 Å². The maximum atomic E-state index is 13.8. The first kappa shape index (κ1) is 12.5. The highest BCUT2D eigenvalue weighted by atomic mass is 19.1. The summed E-state index contributed by atoms with van der Waals surface area (Å²) in [6, 6.07) is 4.34. The number of hydrogen-bond donors (Lipinski definition) is 0. The van der Waals surface area contributed by atoms with E-state index in [0.717, 1.165) is 30.5 Å². The third kappa shape index (κ3) is 2.32. The summed E-state index contributed by atoms with van der Waals surface area (Å²) >= 11 is 0. The summed E-state index contributed by atoms with van der Waals surface area (Å²) in [6.07, 6.45) is 3.51. The molecule has 1 heterocycles. The van der Waals surface area contributed by atoms with E-state index in [1.807, 2.05) is 13.1 Å². The number of hydrogen-bond acceptors (Lipinski definition) is 2. The van der Waals surface area contributed by atoms with Crippen LogP contribution in [0.5, 0.6) is 0 Å². The first-order valence-electron chi connectivity index (χ1n) is 5.95. The summed E-state index contributed by atoms with van der Waals surface area (Å²) < 4.78 is 15.6. The van der Waals surface area contributed by atoms with Crippen molar-refractivity contribution >= 4 is 6.29 Å². The Hall–Kier alpha value is -1.97. The average molecular weight is 246 g/mol. The van der Waals surface area contributed by atoms with E-state index in [-0.39, 0.29) is 5.82 Å². The van der Waals surface area contributed by atoms with Gasteiger partial charge >= 0.3 is 0 Å². The van der Waals surface area contributed by atoms with E-state index in [1.54, 1.807) is 10.7 Å². The van der Waals surface area contributed by atoms with Gasteiger partial charge in [0.15, 0.2) is 0 Å². The topological polar surface area (TPSA) is 34.9 Å². The van der Waals surface area contributed by atoms with Crippen LogP contribution in [0.1, 0.15) is 29.4 Å². The van der Waals surface area contributed by atoms with Crippen LogP contribution in [0.3, 0.4) is 0 Å². The summed E-state index contributed by atoms with van der Waals surface area (Å²) in [5, 5.41) is 4.34. The Morgan fingerprint density at radius 2 is 2.17 bits per heavy atom.